The summed E-state index contributed by atoms with van der Waals surface area (Å²) in [6, 6.07) is 10.2. The number of carbonyl (C=O) groups excluding carboxylic acids is 1. The molecule has 4 aromatic rings. The van der Waals surface area contributed by atoms with E-state index in [9.17, 15) is 14.4 Å². The summed E-state index contributed by atoms with van der Waals surface area (Å²) in [6.45, 7) is 8.53. The normalized spacial score (nSPS) is 13.7. The predicted octanol–water partition coefficient (Wildman–Crippen LogP) is 5.59. The van der Waals surface area contributed by atoms with E-state index in [2.05, 4.69) is 22.6 Å². The van der Waals surface area contributed by atoms with Crippen molar-refractivity contribution < 1.29 is 13.9 Å². The molecule has 1 amide bonds. The van der Waals surface area contributed by atoms with Gasteiger partial charge in [-0.25, -0.2) is 9.37 Å². The number of nitriles is 1. The minimum absolute atomic E-state index is 0.183. The molecule has 8 nitrogen and oxygen atoms in total. The van der Waals surface area contributed by atoms with Gasteiger partial charge in [-0.15, -0.1) is 11.3 Å². The van der Waals surface area contributed by atoms with E-state index in [4.69, 9.17) is 15.5 Å². The molecule has 206 valence electrons. The smallest absolute Gasteiger partial charge is 0.246 e. The van der Waals surface area contributed by atoms with Crippen molar-refractivity contribution >= 4 is 38.7 Å². The maximum atomic E-state index is 14.4. The standard InChI is InChI=1S/C31H27FN6O2S/c1-4-27(39)38-9-8-36-22(17-38)13-25(34)30-28(23-6-5-21(32)12-26(23)40-18(2)3)31-24(7-10-41-31)29(37-30)20-11-19(14-33)15-35-16-20/h4-7,10-13,15-16,18H,1,8-9,17,34H2,2-3H3/b25-13-. The molecule has 0 fully saturated rings. The van der Waals surface area contributed by atoms with E-state index >= 15 is 0 Å². The van der Waals surface area contributed by atoms with Crippen LogP contribution in [-0.2, 0) is 4.79 Å². The SMILES string of the molecule is C=CC(=O)N1CCN=C(/C=C(\N)c2nc(-c3cncc(C#N)c3)c3ccsc3c2-c2ccc(F)cc2OC(C)C)C1. The third-order valence-electron chi connectivity index (χ3n) is 6.44. The lowest BCUT2D eigenvalue weighted by atomic mass is 9.96. The van der Waals surface area contributed by atoms with Crippen LogP contribution >= 0.6 is 11.3 Å². The number of nitrogens with zero attached hydrogens (tertiary/aromatic N) is 5. The van der Waals surface area contributed by atoms with E-state index in [-0.39, 0.29) is 18.6 Å². The molecule has 0 bridgehead atoms. The summed E-state index contributed by atoms with van der Waals surface area (Å²) in [5.74, 6) is -0.245. The number of amides is 1. The first-order valence-electron chi connectivity index (χ1n) is 12.9. The molecular formula is C31H27FN6O2S. The number of hydrogen-bond donors (Lipinski definition) is 1. The highest BCUT2D eigenvalue weighted by molar-refractivity contribution is 7.17. The second-order valence-corrected chi connectivity index (χ2v) is 10.6. The van der Waals surface area contributed by atoms with Gasteiger partial charge in [0.15, 0.2) is 0 Å². The zero-order valence-corrected chi connectivity index (χ0v) is 23.4. The topological polar surface area (TPSA) is 117 Å². The van der Waals surface area contributed by atoms with Crippen LogP contribution in [0, 0.1) is 17.1 Å². The van der Waals surface area contributed by atoms with Crippen molar-refractivity contribution in [3.63, 3.8) is 0 Å². The molecule has 0 saturated heterocycles. The molecule has 3 aromatic heterocycles. The number of thiophene rings is 1. The van der Waals surface area contributed by atoms with Crippen LogP contribution in [0.3, 0.4) is 0 Å². The van der Waals surface area contributed by atoms with Gasteiger partial charge in [-0.1, -0.05) is 6.58 Å². The highest BCUT2D eigenvalue weighted by Crippen LogP contribution is 2.44. The van der Waals surface area contributed by atoms with Crippen molar-refractivity contribution in [3.8, 4) is 34.2 Å². The molecule has 41 heavy (non-hydrogen) atoms. The van der Waals surface area contributed by atoms with Gasteiger partial charge in [0, 0.05) is 51.8 Å². The second kappa shape index (κ2) is 11.7. The molecule has 2 N–H and O–H groups in total. The van der Waals surface area contributed by atoms with E-state index in [0.29, 0.717) is 63.9 Å². The van der Waals surface area contributed by atoms with Crippen molar-refractivity contribution in [3.05, 3.63) is 83.9 Å². The lowest BCUT2D eigenvalue weighted by Gasteiger charge is -2.24. The average molecular weight is 567 g/mol. The molecule has 5 rings (SSSR count). The average Bonchev–Trinajstić information content (AvgIpc) is 3.46. The summed E-state index contributed by atoms with van der Waals surface area (Å²) in [5, 5.41) is 12.2. The number of halogens is 1. The lowest BCUT2D eigenvalue weighted by molar-refractivity contribution is -0.125. The Kier molecular flexibility index (Phi) is 7.90. The summed E-state index contributed by atoms with van der Waals surface area (Å²) >= 11 is 1.49. The maximum absolute atomic E-state index is 14.4. The molecule has 1 aliphatic heterocycles. The molecule has 4 heterocycles. The third-order valence-corrected chi connectivity index (χ3v) is 7.38. The largest absolute Gasteiger partial charge is 0.490 e. The first kappa shape index (κ1) is 27.7. The van der Waals surface area contributed by atoms with Gasteiger partial charge >= 0.3 is 0 Å². The van der Waals surface area contributed by atoms with Crippen LogP contribution < -0.4 is 10.5 Å². The van der Waals surface area contributed by atoms with E-state index < -0.39 is 5.82 Å². The number of rotatable bonds is 7. The lowest BCUT2D eigenvalue weighted by Crippen LogP contribution is -2.39. The fourth-order valence-electron chi connectivity index (χ4n) is 4.68. The predicted molar refractivity (Wildman–Crippen MR) is 160 cm³/mol. The van der Waals surface area contributed by atoms with Crippen LogP contribution in [0.15, 0.2) is 71.8 Å². The highest BCUT2D eigenvalue weighted by atomic mass is 32.1. The second-order valence-electron chi connectivity index (χ2n) is 9.67. The fourth-order valence-corrected chi connectivity index (χ4v) is 5.64. The number of aliphatic imine (C=N–C) groups is 1. The number of fused-ring (bicyclic) bond motifs is 1. The van der Waals surface area contributed by atoms with Gasteiger partial charge in [-0.3, -0.25) is 14.8 Å². The first-order chi connectivity index (χ1) is 19.8. The molecule has 10 heteroatoms. The third kappa shape index (κ3) is 5.71. The maximum Gasteiger partial charge on any atom is 0.246 e. The Bertz CT molecular complexity index is 1770. The van der Waals surface area contributed by atoms with Gasteiger partial charge in [0.25, 0.3) is 0 Å². The Hall–Kier alpha value is -4.88. The zero-order chi connectivity index (χ0) is 29.1. The number of aromatic nitrogens is 2. The Morgan fingerprint density at radius 1 is 1.29 bits per heavy atom. The van der Waals surface area contributed by atoms with Gasteiger partial charge in [0.1, 0.15) is 17.6 Å². The highest BCUT2D eigenvalue weighted by Gasteiger charge is 2.24. The van der Waals surface area contributed by atoms with Crippen LogP contribution in [0.5, 0.6) is 5.75 Å². The first-order valence-corrected chi connectivity index (χ1v) is 13.8. The number of ether oxygens (including phenoxy) is 1. The van der Waals surface area contributed by atoms with E-state index in [0.717, 1.165) is 10.1 Å². The monoisotopic (exact) mass is 566 g/mol. The quantitative estimate of drug-likeness (QED) is 0.291. The number of benzene rings is 1. The molecule has 0 saturated carbocycles. The summed E-state index contributed by atoms with van der Waals surface area (Å²) in [5.41, 5.74) is 11.1. The Labute approximate surface area is 240 Å². The molecule has 1 aliphatic rings. The molecule has 0 unspecified atom stereocenters. The van der Waals surface area contributed by atoms with Crippen LogP contribution in [0.2, 0.25) is 0 Å². The number of nitrogens with two attached hydrogens (primary N) is 1. The summed E-state index contributed by atoms with van der Waals surface area (Å²) < 4.78 is 21.3. The van der Waals surface area contributed by atoms with Gasteiger partial charge in [0.05, 0.1) is 47.6 Å². The van der Waals surface area contributed by atoms with E-state index in [1.807, 2.05) is 25.3 Å². The number of pyridine rings is 2. The Morgan fingerprint density at radius 2 is 2.12 bits per heavy atom. The van der Waals surface area contributed by atoms with Gasteiger partial charge in [0.2, 0.25) is 5.91 Å². The van der Waals surface area contributed by atoms with Crippen LogP contribution in [0.1, 0.15) is 25.1 Å². The molecule has 1 aromatic carbocycles. The summed E-state index contributed by atoms with van der Waals surface area (Å²) in [4.78, 5) is 27.7. The summed E-state index contributed by atoms with van der Waals surface area (Å²) in [7, 11) is 0. The molecule has 0 aliphatic carbocycles. The van der Waals surface area contributed by atoms with Crippen molar-refractivity contribution in [1.29, 1.82) is 5.26 Å². The van der Waals surface area contributed by atoms with Crippen molar-refractivity contribution in [2.24, 2.45) is 10.7 Å². The van der Waals surface area contributed by atoms with Crippen molar-refractivity contribution in [2.45, 2.75) is 20.0 Å². The number of carbonyl (C=O) groups is 1. The molecular weight excluding hydrogens is 539 g/mol. The van der Waals surface area contributed by atoms with Crippen LogP contribution in [-0.4, -0.2) is 52.2 Å². The van der Waals surface area contributed by atoms with E-state index in [1.165, 1.54) is 35.7 Å². The van der Waals surface area contributed by atoms with Crippen LogP contribution in [0.4, 0.5) is 4.39 Å². The number of hydrogen-bond acceptors (Lipinski definition) is 8. The minimum Gasteiger partial charge on any atom is -0.490 e. The molecule has 0 atom stereocenters. The zero-order valence-electron chi connectivity index (χ0n) is 22.6. The van der Waals surface area contributed by atoms with Crippen LogP contribution in [0.25, 0.3) is 38.2 Å². The summed E-state index contributed by atoms with van der Waals surface area (Å²) in [6.07, 6.45) is 5.93. The molecule has 0 radical (unpaired) electrons. The van der Waals surface area contributed by atoms with Crippen molar-refractivity contribution in [2.75, 3.05) is 19.6 Å². The van der Waals surface area contributed by atoms with Crippen molar-refractivity contribution in [1.82, 2.24) is 14.9 Å². The Balaban J connectivity index is 1.77. The van der Waals surface area contributed by atoms with Gasteiger partial charge in [-0.2, -0.15) is 5.26 Å². The minimum atomic E-state index is -0.426. The van der Waals surface area contributed by atoms with Gasteiger partial charge < -0.3 is 15.4 Å². The van der Waals surface area contributed by atoms with Gasteiger partial charge in [-0.05, 0) is 55.6 Å². The van der Waals surface area contributed by atoms with E-state index in [1.54, 1.807) is 29.3 Å². The fraction of sp³-hybridized carbons (Fsp3) is 0.194. The Morgan fingerprint density at radius 3 is 2.88 bits per heavy atom. The molecule has 0 spiro atoms.